The molecule has 0 saturated heterocycles. The number of carbonyl (C=O) groups excluding carboxylic acids is 1. The summed E-state index contributed by atoms with van der Waals surface area (Å²) in [5.74, 6) is -0.0288. The molecule has 1 aromatic carbocycles. The van der Waals surface area contributed by atoms with Gasteiger partial charge in [-0.3, -0.25) is 4.79 Å². The third-order valence-corrected chi connectivity index (χ3v) is 7.60. The summed E-state index contributed by atoms with van der Waals surface area (Å²) < 4.78 is 1.04. The average molecular weight is 387 g/mol. The van der Waals surface area contributed by atoms with Gasteiger partial charge in [0.1, 0.15) is 0 Å². The lowest BCUT2D eigenvalue weighted by Gasteiger charge is -2.28. The Balaban J connectivity index is 1.52. The van der Waals surface area contributed by atoms with E-state index in [9.17, 15) is 9.90 Å². The van der Waals surface area contributed by atoms with Gasteiger partial charge in [0.25, 0.3) is 5.91 Å². The van der Waals surface area contributed by atoms with Crippen LogP contribution in [0.25, 0.3) is 10.2 Å². The highest BCUT2D eigenvalue weighted by atomic mass is 32.1. The Morgan fingerprint density at radius 2 is 2.12 bits per heavy atom. The number of nitrogens with zero attached hydrogens (tertiary/aromatic N) is 1. The van der Waals surface area contributed by atoms with Crippen molar-refractivity contribution in [2.45, 2.75) is 44.1 Å². The van der Waals surface area contributed by atoms with Gasteiger partial charge in [-0.25, -0.2) is 4.98 Å². The van der Waals surface area contributed by atoms with Gasteiger partial charge in [0, 0.05) is 27.3 Å². The number of aliphatic hydroxyl groups excluding tert-OH is 1. The van der Waals surface area contributed by atoms with E-state index in [2.05, 4.69) is 16.4 Å². The van der Waals surface area contributed by atoms with Crippen molar-refractivity contribution in [1.29, 1.82) is 0 Å². The summed E-state index contributed by atoms with van der Waals surface area (Å²) in [7, 11) is 0. The van der Waals surface area contributed by atoms with Gasteiger partial charge in [-0.2, -0.15) is 0 Å². The molecule has 1 fully saturated rings. The standard InChI is InChI=1S/C20H22N2O2S2/c1-13(23)16-6-7-18(26-16)20(8-2-3-9-20)11-21-19(24)14-4-5-15-17(10-14)25-12-22-15/h4-7,10,12-13,23H,2-3,8-9,11H2,1H3,(H,21,24). The maximum Gasteiger partial charge on any atom is 0.251 e. The van der Waals surface area contributed by atoms with Crippen LogP contribution in [0.4, 0.5) is 0 Å². The molecule has 2 heterocycles. The van der Waals surface area contributed by atoms with E-state index in [0.29, 0.717) is 12.1 Å². The molecule has 0 radical (unpaired) electrons. The maximum atomic E-state index is 12.7. The predicted octanol–water partition coefficient (Wildman–Crippen LogP) is 4.65. The molecular formula is C20H22N2O2S2. The van der Waals surface area contributed by atoms with E-state index >= 15 is 0 Å². The molecule has 1 amide bonds. The van der Waals surface area contributed by atoms with Crippen LogP contribution in [0, 0.1) is 0 Å². The van der Waals surface area contributed by atoms with E-state index in [1.54, 1.807) is 35.1 Å². The molecule has 1 unspecified atom stereocenters. The second-order valence-electron chi connectivity index (χ2n) is 7.08. The fourth-order valence-corrected chi connectivity index (χ4v) is 5.68. The Hall–Kier alpha value is -1.76. The topological polar surface area (TPSA) is 62.2 Å². The van der Waals surface area contributed by atoms with Gasteiger partial charge in [-0.15, -0.1) is 22.7 Å². The summed E-state index contributed by atoms with van der Waals surface area (Å²) in [4.78, 5) is 19.2. The van der Waals surface area contributed by atoms with Gasteiger partial charge in [-0.1, -0.05) is 12.8 Å². The zero-order chi connectivity index (χ0) is 18.1. The largest absolute Gasteiger partial charge is 0.388 e. The number of amides is 1. The normalized spacial score (nSPS) is 17.5. The summed E-state index contributed by atoms with van der Waals surface area (Å²) in [6.07, 6.45) is 4.10. The molecule has 2 N–H and O–H groups in total. The first kappa shape index (κ1) is 17.6. The van der Waals surface area contributed by atoms with Gasteiger partial charge >= 0.3 is 0 Å². The van der Waals surface area contributed by atoms with Crippen molar-refractivity contribution in [3.63, 3.8) is 0 Å². The van der Waals surface area contributed by atoms with Crippen molar-refractivity contribution in [1.82, 2.24) is 10.3 Å². The smallest absolute Gasteiger partial charge is 0.251 e. The minimum Gasteiger partial charge on any atom is -0.388 e. The second-order valence-corrected chi connectivity index (χ2v) is 9.08. The third kappa shape index (κ3) is 3.29. The minimum atomic E-state index is -0.437. The number of carbonyl (C=O) groups is 1. The molecular weight excluding hydrogens is 364 g/mol. The van der Waals surface area contributed by atoms with Crippen molar-refractivity contribution < 1.29 is 9.90 Å². The average Bonchev–Trinajstić information content (AvgIpc) is 3.39. The molecule has 1 aliphatic carbocycles. The number of hydrogen-bond donors (Lipinski definition) is 2. The number of rotatable bonds is 5. The number of fused-ring (bicyclic) bond motifs is 1. The predicted molar refractivity (Wildman–Crippen MR) is 107 cm³/mol. The Bertz CT molecular complexity index is 923. The van der Waals surface area contributed by atoms with Crippen molar-refractivity contribution in [3.8, 4) is 0 Å². The van der Waals surface area contributed by atoms with Crippen LogP contribution in [0.2, 0.25) is 0 Å². The highest BCUT2D eigenvalue weighted by molar-refractivity contribution is 7.16. The molecule has 1 saturated carbocycles. The van der Waals surface area contributed by atoms with Crippen molar-refractivity contribution >= 4 is 38.8 Å². The van der Waals surface area contributed by atoms with E-state index in [-0.39, 0.29) is 11.3 Å². The van der Waals surface area contributed by atoms with E-state index < -0.39 is 6.10 Å². The lowest BCUT2D eigenvalue weighted by atomic mass is 9.84. The number of thiazole rings is 1. The molecule has 3 aromatic rings. The lowest BCUT2D eigenvalue weighted by Crippen LogP contribution is -2.38. The molecule has 2 aromatic heterocycles. The summed E-state index contributed by atoms with van der Waals surface area (Å²) in [5, 5.41) is 13.0. The lowest BCUT2D eigenvalue weighted by molar-refractivity contribution is 0.0943. The van der Waals surface area contributed by atoms with Crippen LogP contribution in [-0.4, -0.2) is 22.5 Å². The van der Waals surface area contributed by atoms with Crippen LogP contribution in [0.3, 0.4) is 0 Å². The fourth-order valence-electron chi connectivity index (χ4n) is 3.77. The zero-order valence-electron chi connectivity index (χ0n) is 14.7. The van der Waals surface area contributed by atoms with Crippen LogP contribution >= 0.6 is 22.7 Å². The molecule has 1 atom stereocenters. The number of hydrogen-bond acceptors (Lipinski definition) is 5. The molecule has 0 aliphatic heterocycles. The molecule has 136 valence electrons. The molecule has 26 heavy (non-hydrogen) atoms. The van der Waals surface area contributed by atoms with E-state index in [1.165, 1.54) is 17.7 Å². The van der Waals surface area contributed by atoms with E-state index in [0.717, 1.165) is 27.9 Å². The van der Waals surface area contributed by atoms with Crippen molar-refractivity contribution in [2.24, 2.45) is 0 Å². The number of thiophene rings is 1. The summed E-state index contributed by atoms with van der Waals surface area (Å²) >= 11 is 3.23. The van der Waals surface area contributed by atoms with Crippen LogP contribution in [-0.2, 0) is 5.41 Å². The highest BCUT2D eigenvalue weighted by Gasteiger charge is 2.37. The van der Waals surface area contributed by atoms with Gasteiger partial charge < -0.3 is 10.4 Å². The van der Waals surface area contributed by atoms with E-state index in [1.807, 2.05) is 24.3 Å². The summed E-state index contributed by atoms with van der Waals surface area (Å²) in [6, 6.07) is 9.81. The van der Waals surface area contributed by atoms with E-state index in [4.69, 9.17) is 0 Å². The quantitative estimate of drug-likeness (QED) is 0.671. The van der Waals surface area contributed by atoms with Crippen LogP contribution < -0.4 is 5.32 Å². The van der Waals surface area contributed by atoms with Crippen LogP contribution in [0.15, 0.2) is 35.8 Å². The molecule has 0 spiro atoms. The van der Waals surface area contributed by atoms with Gasteiger partial charge in [0.15, 0.2) is 0 Å². The highest BCUT2D eigenvalue weighted by Crippen LogP contribution is 2.44. The Kier molecular flexibility index (Phi) is 4.82. The third-order valence-electron chi connectivity index (χ3n) is 5.30. The maximum absolute atomic E-state index is 12.7. The first-order valence-corrected chi connectivity index (χ1v) is 10.7. The zero-order valence-corrected chi connectivity index (χ0v) is 16.3. The van der Waals surface area contributed by atoms with Gasteiger partial charge in [0.05, 0.1) is 21.8 Å². The summed E-state index contributed by atoms with van der Waals surface area (Å²) in [6.45, 7) is 2.45. The molecule has 1 aliphatic rings. The first-order chi connectivity index (χ1) is 12.6. The molecule has 4 nitrogen and oxygen atoms in total. The first-order valence-electron chi connectivity index (χ1n) is 8.97. The minimum absolute atomic E-state index is 0.00204. The summed E-state index contributed by atoms with van der Waals surface area (Å²) in [5.41, 5.74) is 3.42. The number of aliphatic hydroxyl groups is 1. The van der Waals surface area contributed by atoms with Crippen molar-refractivity contribution in [3.05, 3.63) is 51.2 Å². The Morgan fingerprint density at radius 3 is 2.85 bits per heavy atom. The van der Waals surface area contributed by atoms with Gasteiger partial charge in [0.2, 0.25) is 0 Å². The van der Waals surface area contributed by atoms with Crippen molar-refractivity contribution in [2.75, 3.05) is 6.54 Å². The van der Waals surface area contributed by atoms with Crippen LogP contribution in [0.1, 0.15) is 58.8 Å². The molecule has 4 rings (SSSR count). The fraction of sp³-hybridized carbons (Fsp3) is 0.400. The molecule has 6 heteroatoms. The molecule has 0 bridgehead atoms. The number of benzene rings is 1. The Morgan fingerprint density at radius 1 is 1.31 bits per heavy atom. The monoisotopic (exact) mass is 386 g/mol. The Labute approximate surface area is 160 Å². The number of aromatic nitrogens is 1. The SMILES string of the molecule is CC(O)c1ccc(C2(CNC(=O)c3ccc4ncsc4c3)CCCC2)s1. The second kappa shape index (κ2) is 7.10. The van der Waals surface area contributed by atoms with Crippen LogP contribution in [0.5, 0.6) is 0 Å². The number of nitrogens with one attached hydrogen (secondary N) is 1. The van der Waals surface area contributed by atoms with Gasteiger partial charge in [-0.05, 0) is 50.1 Å².